The third-order valence-corrected chi connectivity index (χ3v) is 8.71. The molecule has 2 atom stereocenters. The van der Waals surface area contributed by atoms with Gasteiger partial charge in [0.1, 0.15) is 0 Å². The van der Waals surface area contributed by atoms with Gasteiger partial charge >= 0.3 is 0 Å². The van der Waals surface area contributed by atoms with E-state index in [2.05, 4.69) is 138 Å². The largest absolute Gasteiger partial charge is 0.166 e. The zero-order valence-corrected chi connectivity index (χ0v) is 22.3. The molecule has 0 radical (unpaired) electrons. The summed E-state index contributed by atoms with van der Waals surface area (Å²) < 4.78 is 0. The average molecular weight is 468 g/mol. The van der Waals surface area contributed by atoms with Gasteiger partial charge in [-0.25, -0.2) is 0 Å². The van der Waals surface area contributed by atoms with E-state index in [1.54, 1.807) is 0 Å². The minimum Gasteiger partial charge on any atom is -0.0989 e. The van der Waals surface area contributed by atoms with Crippen molar-refractivity contribution in [3.05, 3.63) is 131 Å². The van der Waals surface area contributed by atoms with Gasteiger partial charge in [-0.3, -0.25) is 0 Å². The highest BCUT2D eigenvalue weighted by Gasteiger charge is 2.37. The molecule has 3 rings (SSSR count). The summed E-state index contributed by atoms with van der Waals surface area (Å²) in [6.45, 7) is 15.6. The summed E-state index contributed by atoms with van der Waals surface area (Å²) in [4.78, 5) is 4.10. The average Bonchev–Trinajstić information content (AvgIpc) is 2.84. The Morgan fingerprint density at radius 1 is 0.912 bits per heavy atom. The van der Waals surface area contributed by atoms with E-state index >= 15 is 0 Å². The first kappa shape index (κ1) is 25.8. The Bertz CT molecular complexity index is 1140. The molecule has 0 aliphatic carbocycles. The van der Waals surface area contributed by atoms with Crippen LogP contribution in [0.1, 0.15) is 63.6 Å². The van der Waals surface area contributed by atoms with Gasteiger partial charge in [0.2, 0.25) is 0 Å². The van der Waals surface area contributed by atoms with Crippen LogP contribution in [0.3, 0.4) is 0 Å². The van der Waals surface area contributed by atoms with Crippen LogP contribution in [-0.4, -0.2) is 0 Å². The topological polar surface area (TPSA) is 0 Å². The van der Waals surface area contributed by atoms with Crippen molar-refractivity contribution >= 4 is 10.9 Å². The van der Waals surface area contributed by atoms with E-state index in [1.165, 1.54) is 37.0 Å². The number of hydrogen-bond acceptors (Lipinski definition) is 0. The lowest BCUT2D eigenvalue weighted by atomic mass is 9.66. The predicted octanol–water partition coefficient (Wildman–Crippen LogP) is 9.56. The van der Waals surface area contributed by atoms with Crippen molar-refractivity contribution < 1.29 is 0 Å². The minimum absolute atomic E-state index is 0.141. The van der Waals surface area contributed by atoms with Crippen molar-refractivity contribution in [3.63, 3.8) is 0 Å². The second-order valence-electron chi connectivity index (χ2n) is 8.91. The summed E-state index contributed by atoms with van der Waals surface area (Å²) in [5, 5.41) is 0. The monoisotopic (exact) mass is 467 g/mol. The minimum atomic E-state index is -0.171. The second-order valence-corrected chi connectivity index (χ2v) is 10.9. The Balaban J connectivity index is 2.22. The van der Waals surface area contributed by atoms with Crippen LogP contribution in [-0.2, 0) is 16.3 Å². The molecule has 34 heavy (non-hydrogen) atoms. The molecule has 0 saturated heterocycles. The molecule has 0 aliphatic heterocycles. The molecule has 0 fully saturated rings. The van der Waals surface area contributed by atoms with Gasteiger partial charge in [-0.05, 0) is 86.7 Å². The first-order valence-electron chi connectivity index (χ1n) is 12.4. The van der Waals surface area contributed by atoms with Gasteiger partial charge in [0.15, 0.2) is 14.7 Å². The molecule has 3 aromatic rings. The maximum absolute atomic E-state index is 4.51. The van der Waals surface area contributed by atoms with E-state index < -0.39 is 0 Å². The summed E-state index contributed by atoms with van der Waals surface area (Å²) in [7, 11) is -0.141. The van der Waals surface area contributed by atoms with Crippen molar-refractivity contribution in [2.24, 2.45) is 0 Å². The first-order valence-corrected chi connectivity index (χ1v) is 13.7. The predicted molar refractivity (Wildman–Crippen MR) is 152 cm³/mol. The van der Waals surface area contributed by atoms with Crippen LogP contribution >= 0.6 is 0 Å². The summed E-state index contributed by atoms with van der Waals surface area (Å²) in [6, 6.07) is 29.0. The molecule has 0 amide bonds. The third-order valence-electron chi connectivity index (χ3n) is 6.46. The Morgan fingerprint density at radius 3 is 2.09 bits per heavy atom. The van der Waals surface area contributed by atoms with E-state index in [9.17, 15) is 0 Å². The molecule has 0 N–H and O–H groups in total. The zero-order valence-electron chi connectivity index (χ0n) is 21.5. The molecule has 0 spiro atoms. The number of hydrogen-bond donors (Lipinski definition) is 0. The highest BCUT2D eigenvalue weighted by molar-refractivity contribution is 8.00. The molecule has 0 heterocycles. The number of allylic oxidation sites excluding steroid dienone is 4. The van der Waals surface area contributed by atoms with Crippen molar-refractivity contribution in [1.29, 1.82) is 0 Å². The molecule has 0 aliphatic rings. The lowest BCUT2D eigenvalue weighted by Gasteiger charge is -2.37. The van der Waals surface area contributed by atoms with Crippen LogP contribution in [0.15, 0.2) is 124 Å². The molecule has 0 bridgehead atoms. The molecule has 176 valence electrons. The lowest BCUT2D eigenvalue weighted by Crippen LogP contribution is -2.30. The van der Waals surface area contributed by atoms with Gasteiger partial charge in [-0.1, -0.05) is 93.1 Å². The fourth-order valence-electron chi connectivity index (χ4n) is 5.01. The lowest BCUT2D eigenvalue weighted by molar-refractivity contribution is 0.537. The standard InChI is InChI=1S/C33H39S/c1-7-16-29(17-8-2)34(30-20-14-11-15-21-30)31-22-23-32(27(6)25-31)33(24-9-3,26(4)5)28-18-12-10-13-19-28/h7,10-23,25H,4,8-9,24H2,1-3,5-6H3/q+1/b16-7-,29-17+. The normalized spacial score (nSPS) is 14.7. The fraction of sp³-hybridized carbons (Fsp3) is 0.273. The summed E-state index contributed by atoms with van der Waals surface area (Å²) in [6.07, 6.45) is 9.99. The third kappa shape index (κ3) is 5.31. The maximum atomic E-state index is 4.51. The van der Waals surface area contributed by atoms with E-state index in [0.29, 0.717) is 0 Å². The van der Waals surface area contributed by atoms with Crippen molar-refractivity contribution in [1.82, 2.24) is 0 Å². The Hall–Kier alpha value is -2.77. The van der Waals surface area contributed by atoms with Gasteiger partial charge in [-0.15, -0.1) is 0 Å². The Labute approximate surface area is 210 Å². The molecule has 0 saturated carbocycles. The quantitative estimate of drug-likeness (QED) is 0.158. The fourth-order valence-corrected chi connectivity index (χ4v) is 7.36. The van der Waals surface area contributed by atoms with Crippen molar-refractivity contribution in [3.8, 4) is 0 Å². The van der Waals surface area contributed by atoms with Crippen LogP contribution in [0.4, 0.5) is 0 Å². The molecular formula is C33H39S+. The molecular weight excluding hydrogens is 428 g/mol. The second kappa shape index (κ2) is 12.1. The van der Waals surface area contributed by atoms with Gasteiger partial charge in [-0.2, -0.15) is 0 Å². The first-order chi connectivity index (χ1) is 16.5. The van der Waals surface area contributed by atoms with Gasteiger partial charge < -0.3 is 0 Å². The van der Waals surface area contributed by atoms with Gasteiger partial charge in [0, 0.05) is 5.41 Å². The Kier molecular flexibility index (Phi) is 9.19. The van der Waals surface area contributed by atoms with Gasteiger partial charge in [0.05, 0.1) is 10.9 Å². The molecule has 3 aromatic carbocycles. The van der Waals surface area contributed by atoms with Crippen LogP contribution in [0.2, 0.25) is 0 Å². The maximum Gasteiger partial charge on any atom is 0.166 e. The number of rotatable bonds is 10. The molecule has 0 nitrogen and oxygen atoms in total. The van der Waals surface area contributed by atoms with Gasteiger partial charge in [0.25, 0.3) is 0 Å². The van der Waals surface area contributed by atoms with Crippen LogP contribution in [0, 0.1) is 6.92 Å². The van der Waals surface area contributed by atoms with E-state index in [1.807, 2.05) is 0 Å². The van der Waals surface area contributed by atoms with Crippen LogP contribution in [0.25, 0.3) is 0 Å². The zero-order chi connectivity index (χ0) is 24.6. The highest BCUT2D eigenvalue weighted by Crippen LogP contribution is 2.45. The van der Waals surface area contributed by atoms with E-state index in [0.717, 1.165) is 19.3 Å². The van der Waals surface area contributed by atoms with Crippen LogP contribution < -0.4 is 0 Å². The summed E-state index contributed by atoms with van der Waals surface area (Å²) >= 11 is 0. The SMILES string of the molecule is C=C(C)C(CCC)(c1ccccc1)c1ccc([S+](C(/C=C\C)=C/CC)c2ccccc2)cc1C. The molecule has 1 heteroatoms. The Morgan fingerprint density at radius 2 is 1.56 bits per heavy atom. The number of benzene rings is 3. The van der Waals surface area contributed by atoms with Crippen molar-refractivity contribution in [2.75, 3.05) is 0 Å². The van der Waals surface area contributed by atoms with Crippen molar-refractivity contribution in [2.45, 2.75) is 69.1 Å². The highest BCUT2D eigenvalue weighted by atomic mass is 32.2. The van der Waals surface area contributed by atoms with Crippen LogP contribution in [0.5, 0.6) is 0 Å². The summed E-state index contributed by atoms with van der Waals surface area (Å²) in [5.41, 5.74) is 5.08. The number of aryl methyl sites for hydroxylation is 1. The molecule has 0 aromatic heterocycles. The van der Waals surface area contributed by atoms with E-state index in [4.69, 9.17) is 0 Å². The molecule has 2 unspecified atom stereocenters. The van der Waals surface area contributed by atoms with E-state index in [-0.39, 0.29) is 16.3 Å². The summed E-state index contributed by atoms with van der Waals surface area (Å²) in [5.74, 6) is 0. The smallest absolute Gasteiger partial charge is 0.0989 e.